The number of benzene rings is 2. The second-order valence-corrected chi connectivity index (χ2v) is 8.42. The molecular weight excluding hydrogens is 432 g/mol. The van der Waals surface area contributed by atoms with Crippen molar-refractivity contribution in [1.29, 1.82) is 0 Å². The van der Waals surface area contributed by atoms with Crippen LogP contribution in [0, 0.1) is 6.92 Å². The number of amides is 2. The number of aryl methyl sites for hydroxylation is 1. The van der Waals surface area contributed by atoms with Gasteiger partial charge < -0.3 is 24.1 Å². The third-order valence-electron chi connectivity index (χ3n) is 6.01. The van der Waals surface area contributed by atoms with Crippen molar-refractivity contribution in [3.05, 3.63) is 89.4 Å². The molecule has 4 rings (SSSR count). The summed E-state index contributed by atoms with van der Waals surface area (Å²) in [5.41, 5.74) is 2.56. The van der Waals surface area contributed by atoms with Crippen LogP contribution in [-0.4, -0.2) is 43.1 Å². The van der Waals surface area contributed by atoms with E-state index in [1.165, 1.54) is 11.2 Å². The highest BCUT2D eigenvalue weighted by molar-refractivity contribution is 5.96. The molecule has 178 valence electrons. The van der Waals surface area contributed by atoms with Gasteiger partial charge in [-0.1, -0.05) is 48.0 Å². The summed E-state index contributed by atoms with van der Waals surface area (Å²) in [5, 5.41) is 3.01. The molecular formula is C27H30N2O5. The van der Waals surface area contributed by atoms with E-state index in [9.17, 15) is 9.59 Å². The normalized spacial score (nSPS) is 16.1. The first-order chi connectivity index (χ1) is 16.6. The Balaban J connectivity index is 1.71. The quantitative estimate of drug-likeness (QED) is 0.514. The zero-order valence-electron chi connectivity index (χ0n) is 19.5. The van der Waals surface area contributed by atoms with E-state index < -0.39 is 6.04 Å². The van der Waals surface area contributed by atoms with Gasteiger partial charge in [-0.25, -0.2) is 0 Å². The maximum atomic E-state index is 13.6. The van der Waals surface area contributed by atoms with E-state index in [2.05, 4.69) is 5.32 Å². The van der Waals surface area contributed by atoms with Crippen LogP contribution in [-0.2, 0) is 16.1 Å². The van der Waals surface area contributed by atoms with Gasteiger partial charge in [-0.2, -0.15) is 0 Å². The highest BCUT2D eigenvalue weighted by Gasteiger charge is 2.34. The largest absolute Gasteiger partial charge is 0.496 e. The maximum Gasteiger partial charge on any atom is 0.290 e. The summed E-state index contributed by atoms with van der Waals surface area (Å²) in [6.45, 7) is 3.25. The Bertz CT molecular complexity index is 1090. The van der Waals surface area contributed by atoms with Crippen molar-refractivity contribution >= 4 is 11.8 Å². The monoisotopic (exact) mass is 462 g/mol. The van der Waals surface area contributed by atoms with E-state index in [4.69, 9.17) is 13.9 Å². The van der Waals surface area contributed by atoms with Crippen molar-refractivity contribution in [2.75, 3.05) is 20.3 Å². The summed E-state index contributed by atoms with van der Waals surface area (Å²) in [5.74, 6) is 0.156. The summed E-state index contributed by atoms with van der Waals surface area (Å²) in [6, 6.07) is 17.5. The van der Waals surface area contributed by atoms with Crippen LogP contribution in [0.5, 0.6) is 5.75 Å². The standard InChI is InChI=1S/C27H30N2O5/c1-19-11-13-20(14-12-19)25(26(30)28-17-22-8-5-15-33-22)29(27(31)24-10-6-16-34-24)18-21-7-3-4-9-23(21)32-2/h3-4,6-7,9-14,16,22,25H,5,8,15,17-18H2,1-2H3,(H,28,30). The number of rotatable bonds is 9. The average Bonchev–Trinajstić information content (AvgIpc) is 3.58. The van der Waals surface area contributed by atoms with Gasteiger partial charge in [0.25, 0.3) is 5.91 Å². The Kier molecular flexibility index (Phi) is 7.65. The number of ether oxygens (including phenoxy) is 2. The molecule has 0 spiro atoms. The molecule has 1 saturated heterocycles. The molecule has 2 atom stereocenters. The Labute approximate surface area is 199 Å². The first kappa shape index (κ1) is 23.6. The minimum absolute atomic E-state index is 0.00828. The van der Waals surface area contributed by atoms with Gasteiger partial charge in [-0.15, -0.1) is 0 Å². The third kappa shape index (κ3) is 5.48. The van der Waals surface area contributed by atoms with Crippen molar-refractivity contribution in [1.82, 2.24) is 10.2 Å². The van der Waals surface area contributed by atoms with Crippen molar-refractivity contribution in [3.63, 3.8) is 0 Å². The van der Waals surface area contributed by atoms with Gasteiger partial charge in [0.15, 0.2) is 5.76 Å². The molecule has 2 heterocycles. The van der Waals surface area contributed by atoms with Gasteiger partial charge in [0.05, 0.1) is 26.0 Å². The van der Waals surface area contributed by atoms with Crippen LogP contribution in [0.25, 0.3) is 0 Å². The topological polar surface area (TPSA) is 81.0 Å². The van der Waals surface area contributed by atoms with Crippen molar-refractivity contribution in [3.8, 4) is 5.75 Å². The Morgan fingerprint density at radius 1 is 1.12 bits per heavy atom. The molecule has 2 unspecified atom stereocenters. The molecule has 7 heteroatoms. The fourth-order valence-corrected chi connectivity index (χ4v) is 4.18. The molecule has 1 aliphatic rings. The summed E-state index contributed by atoms with van der Waals surface area (Å²) < 4.78 is 16.6. The summed E-state index contributed by atoms with van der Waals surface area (Å²) in [6.07, 6.45) is 3.34. The molecule has 0 saturated carbocycles. The molecule has 3 aromatic rings. The molecule has 0 aliphatic carbocycles. The molecule has 1 N–H and O–H groups in total. The second kappa shape index (κ2) is 11.0. The third-order valence-corrected chi connectivity index (χ3v) is 6.01. The van der Waals surface area contributed by atoms with E-state index in [0.717, 1.165) is 24.0 Å². The van der Waals surface area contributed by atoms with Crippen LogP contribution < -0.4 is 10.1 Å². The van der Waals surface area contributed by atoms with Gasteiger partial charge in [-0.05, 0) is 43.5 Å². The molecule has 34 heavy (non-hydrogen) atoms. The lowest BCUT2D eigenvalue weighted by Gasteiger charge is -2.31. The molecule has 2 aromatic carbocycles. The van der Waals surface area contributed by atoms with Gasteiger partial charge in [-0.3, -0.25) is 9.59 Å². The Morgan fingerprint density at radius 3 is 2.59 bits per heavy atom. The number of carbonyl (C=O) groups excluding carboxylic acids is 2. The zero-order chi connectivity index (χ0) is 23.9. The van der Waals surface area contributed by atoms with E-state index in [1.807, 2.05) is 55.5 Å². The average molecular weight is 463 g/mol. The molecule has 2 amide bonds. The van der Waals surface area contributed by atoms with E-state index in [-0.39, 0.29) is 30.2 Å². The number of hydrogen-bond acceptors (Lipinski definition) is 5. The van der Waals surface area contributed by atoms with Gasteiger partial charge in [0.2, 0.25) is 5.91 Å². The van der Waals surface area contributed by atoms with Crippen LogP contribution in [0.15, 0.2) is 71.3 Å². The van der Waals surface area contributed by atoms with Crippen molar-refractivity contribution in [2.45, 2.75) is 38.5 Å². The van der Waals surface area contributed by atoms with Crippen LogP contribution in [0.3, 0.4) is 0 Å². The Morgan fingerprint density at radius 2 is 1.91 bits per heavy atom. The zero-order valence-corrected chi connectivity index (χ0v) is 19.5. The van der Waals surface area contributed by atoms with Crippen molar-refractivity contribution < 1.29 is 23.5 Å². The molecule has 1 fully saturated rings. The lowest BCUT2D eigenvalue weighted by Crippen LogP contribution is -2.45. The summed E-state index contributed by atoms with van der Waals surface area (Å²) in [7, 11) is 1.59. The number of nitrogens with one attached hydrogen (secondary N) is 1. The van der Waals surface area contributed by atoms with Crippen LogP contribution in [0.2, 0.25) is 0 Å². The molecule has 7 nitrogen and oxygen atoms in total. The van der Waals surface area contributed by atoms with Gasteiger partial charge >= 0.3 is 0 Å². The summed E-state index contributed by atoms with van der Waals surface area (Å²) >= 11 is 0. The Hall–Kier alpha value is -3.58. The van der Waals surface area contributed by atoms with Crippen LogP contribution >= 0.6 is 0 Å². The molecule has 0 bridgehead atoms. The molecule has 1 aliphatic heterocycles. The number of carbonyl (C=O) groups is 2. The minimum atomic E-state index is -0.871. The SMILES string of the molecule is COc1ccccc1CN(C(=O)c1ccco1)C(C(=O)NCC1CCCO1)c1ccc(C)cc1. The number of para-hydroxylation sites is 1. The fourth-order valence-electron chi connectivity index (χ4n) is 4.18. The summed E-state index contributed by atoms with van der Waals surface area (Å²) in [4.78, 5) is 28.8. The van der Waals surface area contributed by atoms with Crippen LogP contribution in [0.1, 0.15) is 46.1 Å². The highest BCUT2D eigenvalue weighted by atomic mass is 16.5. The number of nitrogens with zero attached hydrogens (tertiary/aromatic N) is 1. The number of furan rings is 1. The predicted octanol–water partition coefficient (Wildman–Crippen LogP) is 4.28. The van der Waals surface area contributed by atoms with Gasteiger partial charge in [0, 0.05) is 18.7 Å². The second-order valence-electron chi connectivity index (χ2n) is 8.42. The van der Waals surface area contributed by atoms with E-state index in [0.29, 0.717) is 24.5 Å². The van der Waals surface area contributed by atoms with E-state index >= 15 is 0 Å². The lowest BCUT2D eigenvalue weighted by molar-refractivity contribution is -0.126. The highest BCUT2D eigenvalue weighted by Crippen LogP contribution is 2.29. The van der Waals surface area contributed by atoms with Crippen LogP contribution in [0.4, 0.5) is 0 Å². The van der Waals surface area contributed by atoms with Gasteiger partial charge in [0.1, 0.15) is 11.8 Å². The smallest absolute Gasteiger partial charge is 0.290 e. The number of methoxy groups -OCH3 is 1. The predicted molar refractivity (Wildman–Crippen MR) is 127 cm³/mol. The first-order valence-electron chi connectivity index (χ1n) is 11.5. The fraction of sp³-hybridized carbons (Fsp3) is 0.333. The maximum absolute atomic E-state index is 13.6. The number of hydrogen-bond donors (Lipinski definition) is 1. The van der Waals surface area contributed by atoms with E-state index in [1.54, 1.807) is 19.2 Å². The minimum Gasteiger partial charge on any atom is -0.496 e. The first-order valence-corrected chi connectivity index (χ1v) is 11.5. The van der Waals surface area contributed by atoms with Crippen molar-refractivity contribution in [2.24, 2.45) is 0 Å². The molecule has 1 aromatic heterocycles. The lowest BCUT2D eigenvalue weighted by atomic mass is 10.0. The molecule has 0 radical (unpaired) electrons.